The second-order valence-electron chi connectivity index (χ2n) is 6.95. The Hall–Kier alpha value is -3.60. The van der Waals surface area contributed by atoms with Crippen LogP contribution in [0.5, 0.6) is 5.75 Å². The van der Waals surface area contributed by atoms with Gasteiger partial charge in [-0.25, -0.2) is 9.97 Å². The molecule has 0 aliphatic heterocycles. The van der Waals surface area contributed by atoms with Crippen molar-refractivity contribution in [1.82, 2.24) is 25.5 Å². The maximum atomic E-state index is 12.6. The summed E-state index contributed by atoms with van der Waals surface area (Å²) in [5.41, 5.74) is 0.826. The number of nitrogens with one attached hydrogen (secondary N) is 3. The second kappa shape index (κ2) is 9.27. The van der Waals surface area contributed by atoms with Crippen LogP contribution in [0.25, 0.3) is 11.4 Å². The van der Waals surface area contributed by atoms with Crippen molar-refractivity contribution in [3.8, 4) is 17.1 Å². The molecule has 2 aromatic heterocycles. The molecule has 2 heterocycles. The van der Waals surface area contributed by atoms with Crippen LogP contribution in [-0.2, 0) is 4.79 Å². The van der Waals surface area contributed by atoms with Crippen molar-refractivity contribution in [2.45, 2.75) is 12.8 Å². The molecule has 10 nitrogen and oxygen atoms in total. The van der Waals surface area contributed by atoms with Gasteiger partial charge in [0, 0.05) is 35.5 Å². The van der Waals surface area contributed by atoms with Crippen LogP contribution in [0, 0.1) is 5.92 Å². The first-order chi connectivity index (χ1) is 16.6. The number of hydrogen-bond donors (Lipinski definition) is 3. The summed E-state index contributed by atoms with van der Waals surface area (Å²) in [5.74, 6) is -0.351. The van der Waals surface area contributed by atoms with E-state index in [-0.39, 0.29) is 29.0 Å². The van der Waals surface area contributed by atoms with E-state index in [2.05, 4.69) is 46.7 Å². The maximum absolute atomic E-state index is 12.6. The maximum Gasteiger partial charge on any atom is 0.273 e. The first kappa shape index (κ1) is 18.0. The molecule has 0 bridgehead atoms. The lowest BCUT2D eigenvalue weighted by Gasteiger charge is -2.16. The zero-order valence-corrected chi connectivity index (χ0v) is 18.4. The first-order valence-corrected chi connectivity index (χ1v) is 10.4. The number of hydrogen-bond acceptors (Lipinski definition) is 8. The van der Waals surface area contributed by atoms with Gasteiger partial charge in [-0.05, 0) is 40.9 Å². The van der Waals surface area contributed by atoms with Gasteiger partial charge in [-0.3, -0.25) is 9.59 Å². The standard InChI is InChI=1S/C21H20BrN7O3/c1-23-21(31)17-15(8-16(28-29-17)27-20(30)11-6-7-11)26-14-5-3-4-13(18(14)32-2)19-24-9-12(22)10-25-19/h3-5,8-11H,6-7H2,1-2H3,(H,23,31)(H2,26,27,28,30)/i1D3. The van der Waals surface area contributed by atoms with Crippen molar-refractivity contribution < 1.29 is 18.4 Å². The van der Waals surface area contributed by atoms with E-state index in [4.69, 9.17) is 8.85 Å². The van der Waals surface area contributed by atoms with Gasteiger partial charge < -0.3 is 20.7 Å². The van der Waals surface area contributed by atoms with Crippen LogP contribution in [0.15, 0.2) is 41.1 Å². The molecule has 11 heteroatoms. The number of aromatic nitrogens is 4. The van der Waals surface area contributed by atoms with Gasteiger partial charge in [-0.2, -0.15) is 0 Å². The number of ether oxygens (including phenoxy) is 1. The molecule has 0 spiro atoms. The van der Waals surface area contributed by atoms with Crippen molar-refractivity contribution in [2.75, 3.05) is 24.7 Å². The highest BCUT2D eigenvalue weighted by atomic mass is 79.9. The zero-order valence-electron chi connectivity index (χ0n) is 19.8. The highest BCUT2D eigenvalue weighted by Gasteiger charge is 2.30. The molecule has 1 saturated carbocycles. The van der Waals surface area contributed by atoms with Crippen molar-refractivity contribution in [2.24, 2.45) is 5.92 Å². The summed E-state index contributed by atoms with van der Waals surface area (Å²) < 4.78 is 28.3. The number of halogens is 1. The summed E-state index contributed by atoms with van der Waals surface area (Å²) >= 11 is 3.30. The molecule has 1 aliphatic rings. The largest absolute Gasteiger partial charge is 0.494 e. The Morgan fingerprint density at radius 3 is 2.66 bits per heavy atom. The second-order valence-corrected chi connectivity index (χ2v) is 7.86. The van der Waals surface area contributed by atoms with E-state index in [0.29, 0.717) is 27.3 Å². The molecule has 0 radical (unpaired) electrons. The SMILES string of the molecule is [2H]C([2H])([2H])NC(=O)c1nnc(NC(=O)C2CC2)cc1Nc1cccc(-c2ncc(Br)cn2)c1OC. The summed E-state index contributed by atoms with van der Waals surface area (Å²) in [6.45, 7) is -2.73. The number of rotatable bonds is 7. The van der Waals surface area contributed by atoms with Crippen LogP contribution in [-0.4, -0.2) is 46.1 Å². The molecule has 32 heavy (non-hydrogen) atoms. The smallest absolute Gasteiger partial charge is 0.273 e. The monoisotopic (exact) mass is 500 g/mol. The molecule has 4 rings (SSSR count). The molecule has 164 valence electrons. The van der Waals surface area contributed by atoms with Gasteiger partial charge in [0.15, 0.2) is 23.1 Å². The van der Waals surface area contributed by atoms with Gasteiger partial charge in [0.05, 0.1) is 28.5 Å². The van der Waals surface area contributed by atoms with Gasteiger partial charge in [-0.1, -0.05) is 6.07 Å². The number of benzene rings is 1. The lowest BCUT2D eigenvalue weighted by atomic mass is 10.1. The summed E-state index contributed by atoms with van der Waals surface area (Å²) in [6, 6.07) is 6.60. The molecule has 1 aromatic carbocycles. The third-order valence-electron chi connectivity index (χ3n) is 4.67. The minimum Gasteiger partial charge on any atom is -0.494 e. The zero-order chi connectivity index (χ0) is 25.2. The number of para-hydroxylation sites is 1. The van der Waals surface area contributed by atoms with Crippen molar-refractivity contribution in [3.63, 3.8) is 0 Å². The average Bonchev–Trinajstić information content (AvgIpc) is 3.64. The Morgan fingerprint density at radius 1 is 1.19 bits per heavy atom. The number of carbonyl (C=O) groups is 2. The Bertz CT molecular complexity index is 1270. The summed E-state index contributed by atoms with van der Waals surface area (Å²) in [6.07, 6.45) is 4.79. The van der Waals surface area contributed by atoms with E-state index in [1.165, 1.54) is 13.2 Å². The minimum absolute atomic E-state index is 0.0746. The van der Waals surface area contributed by atoms with E-state index in [1.54, 1.807) is 30.6 Å². The Labute approximate surface area is 196 Å². The predicted molar refractivity (Wildman–Crippen MR) is 122 cm³/mol. The Kier molecular flexibility index (Phi) is 5.22. The van der Waals surface area contributed by atoms with Crippen molar-refractivity contribution in [3.05, 3.63) is 46.8 Å². The molecule has 2 amide bonds. The van der Waals surface area contributed by atoms with E-state index in [9.17, 15) is 9.59 Å². The topological polar surface area (TPSA) is 131 Å². The lowest BCUT2D eigenvalue weighted by molar-refractivity contribution is -0.117. The normalized spacial score (nSPS) is 14.5. The fraction of sp³-hybridized carbons (Fsp3) is 0.238. The quantitative estimate of drug-likeness (QED) is 0.450. The third kappa shape index (κ3) is 4.67. The summed E-state index contributed by atoms with van der Waals surface area (Å²) in [7, 11) is 1.47. The predicted octanol–water partition coefficient (Wildman–Crippen LogP) is 3.16. The molecule has 1 fully saturated rings. The van der Waals surface area contributed by atoms with Crippen molar-refractivity contribution in [1.29, 1.82) is 0 Å². The minimum atomic E-state index is -2.73. The van der Waals surface area contributed by atoms with E-state index in [0.717, 1.165) is 12.8 Å². The fourth-order valence-electron chi connectivity index (χ4n) is 2.98. The first-order valence-electron chi connectivity index (χ1n) is 11.1. The van der Waals surface area contributed by atoms with Gasteiger partial charge in [0.2, 0.25) is 5.91 Å². The van der Waals surface area contributed by atoms with E-state index >= 15 is 0 Å². The van der Waals surface area contributed by atoms with Gasteiger partial charge in [0.1, 0.15) is 0 Å². The summed E-state index contributed by atoms with van der Waals surface area (Å²) in [5, 5.41) is 15.4. The van der Waals surface area contributed by atoms with Crippen LogP contribution >= 0.6 is 15.9 Å². The van der Waals surface area contributed by atoms with Gasteiger partial charge in [-0.15, -0.1) is 10.2 Å². The molecule has 0 saturated heterocycles. The molecular weight excluding hydrogens is 478 g/mol. The van der Waals surface area contributed by atoms with Crippen LogP contribution in [0.2, 0.25) is 0 Å². The van der Waals surface area contributed by atoms with E-state index < -0.39 is 12.9 Å². The lowest BCUT2D eigenvalue weighted by Crippen LogP contribution is -2.22. The number of methoxy groups -OCH3 is 1. The molecule has 0 atom stereocenters. The number of nitrogens with zero attached hydrogens (tertiary/aromatic N) is 4. The molecule has 3 aromatic rings. The highest BCUT2D eigenvalue weighted by molar-refractivity contribution is 9.10. The number of amides is 2. The molecule has 1 aliphatic carbocycles. The Balaban J connectivity index is 1.72. The number of anilines is 3. The highest BCUT2D eigenvalue weighted by Crippen LogP contribution is 2.37. The average molecular weight is 501 g/mol. The van der Waals surface area contributed by atoms with E-state index in [1.807, 2.05) is 5.32 Å². The molecular formula is C21H20BrN7O3. The van der Waals surface area contributed by atoms with Gasteiger partial charge >= 0.3 is 0 Å². The van der Waals surface area contributed by atoms with Crippen molar-refractivity contribution >= 4 is 44.9 Å². The Morgan fingerprint density at radius 2 is 1.97 bits per heavy atom. The molecule has 0 unspecified atom stereocenters. The van der Waals surface area contributed by atoms with Crippen LogP contribution < -0.4 is 20.7 Å². The molecule has 3 N–H and O–H groups in total. The summed E-state index contributed by atoms with van der Waals surface area (Å²) in [4.78, 5) is 33.4. The third-order valence-corrected chi connectivity index (χ3v) is 5.08. The van der Waals surface area contributed by atoms with Crippen LogP contribution in [0.4, 0.5) is 17.2 Å². The van der Waals surface area contributed by atoms with Gasteiger partial charge in [0.25, 0.3) is 5.91 Å². The van der Waals surface area contributed by atoms with Crippen LogP contribution in [0.3, 0.4) is 0 Å². The van der Waals surface area contributed by atoms with Crippen LogP contribution in [0.1, 0.15) is 27.4 Å². The fourth-order valence-corrected chi connectivity index (χ4v) is 3.18. The number of carbonyl (C=O) groups excluding carboxylic acids is 2.